The first-order chi connectivity index (χ1) is 11.5. The lowest BCUT2D eigenvalue weighted by atomic mass is 9.99. The molecule has 2 fully saturated rings. The summed E-state index contributed by atoms with van der Waals surface area (Å²) in [5.74, 6) is -0.499. The van der Waals surface area contributed by atoms with Gasteiger partial charge in [-0.15, -0.1) is 0 Å². The standard InChI is InChI=1S/C17H22N2O4S/c20-16-7-4-8-17(21)19(16)11-12-24(22,23)18-10-9-15(13-18)14-5-2-1-3-6-14/h1-3,5-6,15H,4,7-13H2/t15-/m1/s1. The number of rotatable bonds is 5. The minimum absolute atomic E-state index is 0.0352. The number of imide groups is 1. The highest BCUT2D eigenvalue weighted by atomic mass is 32.2. The molecule has 7 heteroatoms. The van der Waals surface area contributed by atoms with E-state index in [1.807, 2.05) is 30.3 Å². The van der Waals surface area contributed by atoms with Crippen LogP contribution >= 0.6 is 0 Å². The van der Waals surface area contributed by atoms with Crippen LogP contribution in [0.3, 0.4) is 0 Å². The largest absolute Gasteiger partial charge is 0.282 e. The number of carbonyl (C=O) groups excluding carboxylic acids is 2. The van der Waals surface area contributed by atoms with E-state index in [4.69, 9.17) is 0 Å². The topological polar surface area (TPSA) is 74.8 Å². The second-order valence-corrected chi connectivity index (χ2v) is 8.45. The van der Waals surface area contributed by atoms with Gasteiger partial charge in [-0.25, -0.2) is 12.7 Å². The van der Waals surface area contributed by atoms with Crippen molar-refractivity contribution in [3.8, 4) is 0 Å². The molecule has 2 amide bonds. The molecule has 2 saturated heterocycles. The van der Waals surface area contributed by atoms with Gasteiger partial charge in [0.05, 0.1) is 5.75 Å². The molecule has 0 aliphatic carbocycles. The van der Waals surface area contributed by atoms with Crippen LogP contribution in [0.1, 0.15) is 37.2 Å². The van der Waals surface area contributed by atoms with E-state index < -0.39 is 10.0 Å². The second-order valence-electron chi connectivity index (χ2n) is 6.36. The van der Waals surface area contributed by atoms with Crippen LogP contribution in [0.25, 0.3) is 0 Å². The van der Waals surface area contributed by atoms with E-state index in [0.29, 0.717) is 32.4 Å². The van der Waals surface area contributed by atoms with Crippen LogP contribution in [0.5, 0.6) is 0 Å². The Kier molecular flexibility index (Phi) is 5.01. The molecule has 2 heterocycles. The highest BCUT2D eigenvalue weighted by Gasteiger charge is 2.33. The second kappa shape index (κ2) is 7.03. The van der Waals surface area contributed by atoms with E-state index in [-0.39, 0.29) is 30.0 Å². The monoisotopic (exact) mass is 350 g/mol. The van der Waals surface area contributed by atoms with Gasteiger partial charge in [0.1, 0.15) is 0 Å². The summed E-state index contributed by atoms with van der Waals surface area (Å²) in [6.45, 7) is 0.921. The lowest BCUT2D eigenvalue weighted by Gasteiger charge is -2.25. The van der Waals surface area contributed by atoms with Crippen LogP contribution in [0.4, 0.5) is 0 Å². The lowest BCUT2D eigenvalue weighted by Crippen LogP contribution is -2.44. The summed E-state index contributed by atoms with van der Waals surface area (Å²) in [6.07, 6.45) is 2.01. The molecule has 1 aromatic rings. The maximum absolute atomic E-state index is 12.5. The van der Waals surface area contributed by atoms with Crippen molar-refractivity contribution in [3.63, 3.8) is 0 Å². The average molecular weight is 350 g/mol. The Labute approximate surface area is 142 Å². The number of hydrogen-bond acceptors (Lipinski definition) is 4. The minimum Gasteiger partial charge on any atom is -0.282 e. The third kappa shape index (κ3) is 3.67. The predicted octanol–water partition coefficient (Wildman–Crippen LogP) is 1.34. The van der Waals surface area contributed by atoms with E-state index in [2.05, 4.69) is 0 Å². The summed E-state index contributed by atoms with van der Waals surface area (Å²) in [4.78, 5) is 24.7. The van der Waals surface area contributed by atoms with Gasteiger partial charge in [-0.2, -0.15) is 0 Å². The molecule has 0 radical (unpaired) electrons. The van der Waals surface area contributed by atoms with Gasteiger partial charge in [0.15, 0.2) is 0 Å². The van der Waals surface area contributed by atoms with E-state index in [0.717, 1.165) is 16.9 Å². The van der Waals surface area contributed by atoms with Gasteiger partial charge in [-0.3, -0.25) is 14.5 Å². The molecule has 24 heavy (non-hydrogen) atoms. The molecule has 1 atom stereocenters. The van der Waals surface area contributed by atoms with Crippen LogP contribution in [-0.2, 0) is 19.6 Å². The Bertz CT molecular complexity index is 701. The normalized spacial score (nSPS) is 23.0. The summed E-state index contributed by atoms with van der Waals surface area (Å²) in [5, 5.41) is 0. The van der Waals surface area contributed by atoms with Crippen molar-refractivity contribution in [3.05, 3.63) is 35.9 Å². The molecule has 3 rings (SSSR count). The van der Waals surface area contributed by atoms with Gasteiger partial charge < -0.3 is 0 Å². The van der Waals surface area contributed by atoms with Crippen LogP contribution in [-0.4, -0.2) is 54.8 Å². The molecule has 1 aromatic carbocycles. The number of benzene rings is 1. The number of likely N-dealkylation sites (tertiary alicyclic amines) is 1. The predicted molar refractivity (Wildman–Crippen MR) is 89.7 cm³/mol. The van der Waals surface area contributed by atoms with Gasteiger partial charge in [0.25, 0.3) is 0 Å². The zero-order valence-corrected chi connectivity index (χ0v) is 14.4. The van der Waals surface area contributed by atoms with Crippen molar-refractivity contribution < 1.29 is 18.0 Å². The Morgan fingerprint density at radius 1 is 1.04 bits per heavy atom. The third-order valence-corrected chi connectivity index (χ3v) is 6.59. The zero-order valence-electron chi connectivity index (χ0n) is 13.6. The quantitative estimate of drug-likeness (QED) is 0.751. The molecule has 6 nitrogen and oxygen atoms in total. The third-order valence-electron chi connectivity index (χ3n) is 4.77. The van der Waals surface area contributed by atoms with Crippen LogP contribution in [0.2, 0.25) is 0 Å². The fraction of sp³-hybridized carbons (Fsp3) is 0.529. The summed E-state index contributed by atoms with van der Waals surface area (Å²) in [5.41, 5.74) is 1.15. The molecular formula is C17H22N2O4S. The molecule has 0 unspecified atom stereocenters. The van der Waals surface area contributed by atoms with Crippen molar-refractivity contribution in [2.24, 2.45) is 0 Å². The molecule has 2 aliphatic rings. The zero-order chi connectivity index (χ0) is 17.2. The lowest BCUT2D eigenvalue weighted by molar-refractivity contribution is -0.147. The first-order valence-electron chi connectivity index (χ1n) is 8.33. The molecule has 2 aliphatic heterocycles. The smallest absolute Gasteiger partial charge is 0.229 e. The number of piperidine rings is 1. The fourth-order valence-electron chi connectivity index (χ4n) is 3.36. The van der Waals surface area contributed by atoms with E-state index >= 15 is 0 Å². The van der Waals surface area contributed by atoms with Crippen LogP contribution in [0, 0.1) is 0 Å². The van der Waals surface area contributed by atoms with Gasteiger partial charge in [-0.1, -0.05) is 30.3 Å². The fourth-order valence-corrected chi connectivity index (χ4v) is 4.83. The minimum atomic E-state index is -3.46. The molecular weight excluding hydrogens is 328 g/mol. The number of sulfonamides is 1. The Balaban J connectivity index is 1.60. The number of carbonyl (C=O) groups is 2. The summed E-state index contributed by atoms with van der Waals surface area (Å²) >= 11 is 0. The number of hydrogen-bond donors (Lipinski definition) is 0. The SMILES string of the molecule is O=C1CCCC(=O)N1CCS(=O)(=O)N1CC[C@@H](c2ccccc2)C1. The van der Waals surface area contributed by atoms with Crippen molar-refractivity contribution in [1.29, 1.82) is 0 Å². The Morgan fingerprint density at radius 2 is 1.71 bits per heavy atom. The summed E-state index contributed by atoms with van der Waals surface area (Å²) < 4.78 is 26.6. The first-order valence-corrected chi connectivity index (χ1v) is 9.94. The summed E-state index contributed by atoms with van der Waals surface area (Å²) in [6, 6.07) is 9.90. The van der Waals surface area contributed by atoms with Crippen LogP contribution in [0.15, 0.2) is 30.3 Å². The average Bonchev–Trinajstić information content (AvgIpc) is 3.06. The van der Waals surface area contributed by atoms with Gasteiger partial charge in [0.2, 0.25) is 21.8 Å². The Morgan fingerprint density at radius 3 is 2.38 bits per heavy atom. The molecule has 0 spiro atoms. The van der Waals surface area contributed by atoms with Crippen molar-refractivity contribution in [1.82, 2.24) is 9.21 Å². The maximum atomic E-state index is 12.5. The van der Waals surface area contributed by atoms with E-state index in [9.17, 15) is 18.0 Å². The molecule has 0 aromatic heterocycles. The van der Waals surface area contributed by atoms with E-state index in [1.165, 1.54) is 4.31 Å². The Hall–Kier alpha value is -1.73. The van der Waals surface area contributed by atoms with Crippen molar-refractivity contribution in [2.45, 2.75) is 31.6 Å². The molecule has 0 N–H and O–H groups in total. The maximum Gasteiger partial charge on any atom is 0.229 e. The van der Waals surface area contributed by atoms with E-state index in [1.54, 1.807) is 0 Å². The molecule has 0 bridgehead atoms. The van der Waals surface area contributed by atoms with Gasteiger partial charge in [-0.05, 0) is 24.3 Å². The first kappa shape index (κ1) is 17.1. The molecule has 0 saturated carbocycles. The number of nitrogens with zero attached hydrogens (tertiary/aromatic N) is 2. The summed E-state index contributed by atoms with van der Waals surface area (Å²) in [7, 11) is -3.46. The van der Waals surface area contributed by atoms with Crippen molar-refractivity contribution >= 4 is 21.8 Å². The highest BCUT2D eigenvalue weighted by molar-refractivity contribution is 7.89. The number of amides is 2. The molecule has 130 valence electrons. The van der Waals surface area contributed by atoms with Gasteiger partial charge >= 0.3 is 0 Å². The van der Waals surface area contributed by atoms with Gasteiger partial charge in [0, 0.05) is 32.5 Å². The highest BCUT2D eigenvalue weighted by Crippen LogP contribution is 2.28. The van der Waals surface area contributed by atoms with Crippen LogP contribution < -0.4 is 0 Å². The van der Waals surface area contributed by atoms with Crippen molar-refractivity contribution in [2.75, 3.05) is 25.4 Å².